The van der Waals surface area contributed by atoms with Crippen LogP contribution in [0.5, 0.6) is 0 Å². The lowest BCUT2D eigenvalue weighted by molar-refractivity contribution is 1.58. The third kappa shape index (κ3) is 5.25. The molecule has 11 rings (SSSR count). The zero-order valence-electron chi connectivity index (χ0n) is 30.6. The molecule has 0 saturated carbocycles. The van der Waals surface area contributed by atoms with Crippen molar-refractivity contribution in [2.75, 3.05) is 0 Å². The molecule has 0 saturated heterocycles. The predicted octanol–water partition coefficient (Wildman–Crippen LogP) is 15.4. The van der Waals surface area contributed by atoms with E-state index in [9.17, 15) is 0 Å². The van der Waals surface area contributed by atoms with Gasteiger partial charge in [0.2, 0.25) is 0 Å². The second kappa shape index (κ2) is 13.1. The lowest BCUT2D eigenvalue weighted by Gasteiger charge is -2.19. The van der Waals surface area contributed by atoms with Gasteiger partial charge in [-0.1, -0.05) is 176 Å². The number of rotatable bonds is 5. The average molecular weight is 707 g/mol. The molecule has 0 N–H and O–H groups in total. The van der Waals surface area contributed by atoms with Crippen LogP contribution >= 0.6 is 0 Å². The smallest absolute Gasteiger partial charge is 0.0321 e. The van der Waals surface area contributed by atoms with E-state index in [0.29, 0.717) is 0 Å². The maximum absolute atomic E-state index is 3.41. The molecule has 0 amide bonds. The zero-order valence-corrected chi connectivity index (χ0v) is 30.6. The van der Waals surface area contributed by atoms with E-state index in [1.807, 2.05) is 12.1 Å². The second-order valence-electron chi connectivity index (χ2n) is 14.7. The summed E-state index contributed by atoms with van der Waals surface area (Å²) < 4.78 is 0. The van der Waals surface area contributed by atoms with Gasteiger partial charge in [-0.2, -0.15) is 0 Å². The molecule has 11 aromatic carbocycles. The SMILES string of the molecule is c1cccc(-c2cc(-c3cccc(-c4c5ccccc5c(-c5ccccc5)c5ccccc45)c3)cc(-c3c4ccccc4cc4c3ccc3ccccc34)c2)c#1. The van der Waals surface area contributed by atoms with Crippen molar-refractivity contribution in [3.05, 3.63) is 218 Å². The normalized spacial score (nSPS) is 11.4. The molecule has 0 aliphatic rings. The van der Waals surface area contributed by atoms with Gasteiger partial charge in [-0.25, -0.2) is 0 Å². The van der Waals surface area contributed by atoms with Gasteiger partial charge in [-0.05, 0) is 146 Å². The summed E-state index contributed by atoms with van der Waals surface area (Å²) >= 11 is 0. The van der Waals surface area contributed by atoms with E-state index in [1.165, 1.54) is 92.8 Å². The van der Waals surface area contributed by atoms with Crippen molar-refractivity contribution in [3.63, 3.8) is 0 Å². The van der Waals surface area contributed by atoms with E-state index < -0.39 is 0 Å². The molecule has 0 heterocycles. The molecule has 0 heteroatoms. The van der Waals surface area contributed by atoms with E-state index in [0.717, 1.165) is 16.7 Å². The molecule has 0 unspecified atom stereocenters. The standard InChI is InChI=1S/C56H34/c1-3-16-37(17-4-1)43-33-44(35-45(34-43)56-47-25-10-8-21-41(47)36-53-46-24-9-7-18-38(46)30-31-52(53)56)40-22-15-23-42(32-40)55-50-28-13-11-26-48(50)54(39-19-5-2-6-20-39)49-27-12-14-29-51(49)55/h1-3,5-16,18-36H. The first-order valence-electron chi connectivity index (χ1n) is 19.3. The molecular weight excluding hydrogens is 673 g/mol. The molecular formula is C56H34. The topological polar surface area (TPSA) is 0 Å². The maximum Gasteiger partial charge on any atom is 0.0321 e. The highest BCUT2D eigenvalue weighted by Gasteiger charge is 2.18. The van der Waals surface area contributed by atoms with Crippen LogP contribution in [0.2, 0.25) is 0 Å². The highest BCUT2D eigenvalue weighted by molar-refractivity contribution is 6.22. The highest BCUT2D eigenvalue weighted by Crippen LogP contribution is 2.46. The van der Waals surface area contributed by atoms with Crippen LogP contribution in [-0.4, -0.2) is 0 Å². The summed E-state index contributed by atoms with van der Waals surface area (Å²) in [6, 6.07) is 82.0. The summed E-state index contributed by atoms with van der Waals surface area (Å²) in [6.45, 7) is 0. The fourth-order valence-electron chi connectivity index (χ4n) is 8.96. The molecule has 11 aromatic rings. The third-order valence-corrected chi connectivity index (χ3v) is 11.4. The van der Waals surface area contributed by atoms with Crippen LogP contribution in [0.15, 0.2) is 206 Å². The molecule has 0 aliphatic heterocycles. The van der Waals surface area contributed by atoms with Crippen molar-refractivity contribution in [2.45, 2.75) is 0 Å². The van der Waals surface area contributed by atoms with Gasteiger partial charge in [-0.3, -0.25) is 0 Å². The minimum absolute atomic E-state index is 1.02. The van der Waals surface area contributed by atoms with E-state index >= 15 is 0 Å². The fraction of sp³-hybridized carbons (Fsp3) is 0. The Kier molecular flexibility index (Phi) is 7.51. The number of benzene rings is 10. The molecule has 0 fully saturated rings. The summed E-state index contributed by atoms with van der Waals surface area (Å²) in [6.07, 6.45) is 0. The van der Waals surface area contributed by atoms with E-state index in [2.05, 4.69) is 206 Å². The first-order valence-corrected chi connectivity index (χ1v) is 19.3. The van der Waals surface area contributed by atoms with Gasteiger partial charge >= 0.3 is 0 Å². The lowest BCUT2D eigenvalue weighted by Crippen LogP contribution is -1.92. The van der Waals surface area contributed by atoms with Crippen LogP contribution in [0, 0.1) is 12.1 Å². The molecule has 0 bridgehead atoms. The average Bonchev–Trinajstić information content (AvgIpc) is 3.27. The largest absolute Gasteiger partial charge is 0.0696 e. The van der Waals surface area contributed by atoms with Crippen LogP contribution < -0.4 is 0 Å². The van der Waals surface area contributed by atoms with E-state index in [1.54, 1.807) is 0 Å². The van der Waals surface area contributed by atoms with Gasteiger partial charge in [-0.15, -0.1) is 0 Å². The first kappa shape index (κ1) is 32.0. The van der Waals surface area contributed by atoms with Crippen molar-refractivity contribution in [2.24, 2.45) is 0 Å². The van der Waals surface area contributed by atoms with Crippen LogP contribution in [0.4, 0.5) is 0 Å². The molecule has 0 atom stereocenters. The van der Waals surface area contributed by atoms with Gasteiger partial charge < -0.3 is 0 Å². The summed E-state index contributed by atoms with van der Waals surface area (Å²) in [4.78, 5) is 0. The van der Waals surface area contributed by atoms with Crippen LogP contribution in [0.3, 0.4) is 0 Å². The quantitative estimate of drug-likeness (QED) is 0.123. The van der Waals surface area contributed by atoms with E-state index in [-0.39, 0.29) is 0 Å². The molecule has 0 nitrogen and oxygen atoms in total. The monoisotopic (exact) mass is 706 g/mol. The fourth-order valence-corrected chi connectivity index (χ4v) is 8.96. The summed E-state index contributed by atoms with van der Waals surface area (Å²) in [5.41, 5.74) is 11.9. The van der Waals surface area contributed by atoms with Gasteiger partial charge in [0.05, 0.1) is 0 Å². The summed E-state index contributed by atoms with van der Waals surface area (Å²) in [7, 11) is 0. The maximum atomic E-state index is 3.41. The van der Waals surface area contributed by atoms with E-state index in [4.69, 9.17) is 0 Å². The Balaban J connectivity index is 1.17. The van der Waals surface area contributed by atoms with Gasteiger partial charge in [0.25, 0.3) is 0 Å². The van der Waals surface area contributed by atoms with Crippen molar-refractivity contribution in [1.82, 2.24) is 0 Å². The summed E-state index contributed by atoms with van der Waals surface area (Å²) in [5.74, 6) is 0. The van der Waals surface area contributed by atoms with Crippen LogP contribution in [-0.2, 0) is 0 Å². The van der Waals surface area contributed by atoms with Gasteiger partial charge in [0, 0.05) is 5.56 Å². The first-order chi connectivity index (χ1) is 27.8. The second-order valence-corrected chi connectivity index (χ2v) is 14.7. The van der Waals surface area contributed by atoms with Crippen molar-refractivity contribution < 1.29 is 0 Å². The Bertz CT molecular complexity index is 3220. The Morgan fingerprint density at radius 1 is 0.250 bits per heavy atom. The molecule has 0 aromatic heterocycles. The van der Waals surface area contributed by atoms with Crippen LogP contribution in [0.1, 0.15) is 0 Å². The zero-order chi connectivity index (χ0) is 37.0. The molecule has 258 valence electrons. The molecule has 0 spiro atoms. The summed E-state index contributed by atoms with van der Waals surface area (Å²) in [5, 5.41) is 12.5. The Hall–Kier alpha value is -7.46. The van der Waals surface area contributed by atoms with Gasteiger partial charge in [0.1, 0.15) is 0 Å². The highest BCUT2D eigenvalue weighted by atomic mass is 14.2. The number of hydrogen-bond acceptors (Lipinski definition) is 0. The Labute approximate surface area is 326 Å². The molecule has 0 aliphatic carbocycles. The molecule has 0 radical (unpaired) electrons. The van der Waals surface area contributed by atoms with Crippen molar-refractivity contribution in [1.29, 1.82) is 0 Å². The molecule has 56 heavy (non-hydrogen) atoms. The third-order valence-electron chi connectivity index (χ3n) is 11.4. The number of fused-ring (bicyclic) bond motifs is 6. The Morgan fingerprint density at radius 3 is 1.48 bits per heavy atom. The Morgan fingerprint density at radius 2 is 0.768 bits per heavy atom. The number of hydrogen-bond donors (Lipinski definition) is 0. The predicted molar refractivity (Wildman–Crippen MR) is 239 cm³/mol. The van der Waals surface area contributed by atoms with Crippen molar-refractivity contribution in [3.8, 4) is 55.6 Å². The van der Waals surface area contributed by atoms with Crippen LogP contribution in [0.25, 0.3) is 109 Å². The van der Waals surface area contributed by atoms with Gasteiger partial charge in [0.15, 0.2) is 0 Å². The van der Waals surface area contributed by atoms with Crippen molar-refractivity contribution >= 4 is 53.9 Å². The minimum Gasteiger partial charge on any atom is -0.0696 e. The lowest BCUT2D eigenvalue weighted by atomic mass is 9.85. The minimum atomic E-state index is 1.02.